The zero-order valence-electron chi connectivity index (χ0n) is 17.4. The number of ether oxygens (including phenoxy) is 1. The molecule has 0 aliphatic rings. The van der Waals surface area contributed by atoms with Gasteiger partial charge in [-0.15, -0.1) is 0 Å². The molecule has 7 heteroatoms. The van der Waals surface area contributed by atoms with Gasteiger partial charge in [0.05, 0.1) is 29.7 Å². The number of aromatic nitrogens is 3. The third kappa shape index (κ3) is 4.29. The minimum absolute atomic E-state index is 0.326. The van der Waals surface area contributed by atoms with Gasteiger partial charge in [-0.05, 0) is 67.8 Å². The number of carbonyl (C=O) groups excluding carboxylic acids is 1. The van der Waals surface area contributed by atoms with Crippen molar-refractivity contribution >= 4 is 40.2 Å². The lowest BCUT2D eigenvalue weighted by atomic mass is 10.00. The Morgan fingerprint density at radius 2 is 1.84 bits per heavy atom. The number of hydrogen-bond acceptors (Lipinski definition) is 4. The number of hydrogen-bond donors (Lipinski definition) is 0. The van der Waals surface area contributed by atoms with Crippen molar-refractivity contribution in [2.75, 3.05) is 6.61 Å². The summed E-state index contributed by atoms with van der Waals surface area (Å²) >= 11 is 12.2. The summed E-state index contributed by atoms with van der Waals surface area (Å²) in [6, 6.07) is 15.2. The zero-order valence-corrected chi connectivity index (χ0v) is 19.0. The van der Waals surface area contributed by atoms with Crippen LogP contribution < -0.4 is 0 Å². The number of esters is 1. The van der Waals surface area contributed by atoms with Crippen molar-refractivity contribution in [1.29, 1.82) is 0 Å². The Morgan fingerprint density at radius 1 is 1.03 bits per heavy atom. The minimum atomic E-state index is -0.326. The number of fused-ring (bicyclic) bond motifs is 1. The summed E-state index contributed by atoms with van der Waals surface area (Å²) < 4.78 is 7.25. The van der Waals surface area contributed by atoms with Gasteiger partial charge in [0.15, 0.2) is 0 Å². The van der Waals surface area contributed by atoms with E-state index < -0.39 is 0 Å². The fourth-order valence-corrected chi connectivity index (χ4v) is 4.05. The molecule has 0 spiro atoms. The second-order valence-electron chi connectivity index (χ2n) is 7.29. The predicted molar refractivity (Wildman–Crippen MR) is 124 cm³/mol. The molecule has 0 amide bonds. The number of carbonyl (C=O) groups is 1. The third-order valence-electron chi connectivity index (χ3n) is 5.16. The van der Waals surface area contributed by atoms with E-state index in [1.807, 2.05) is 38.1 Å². The molecule has 0 atom stereocenters. The summed E-state index contributed by atoms with van der Waals surface area (Å²) in [5.74, 6) is 0.550. The minimum Gasteiger partial charge on any atom is -0.462 e. The fourth-order valence-electron chi connectivity index (χ4n) is 3.64. The number of nitrogens with zero attached hydrogens (tertiary/aromatic N) is 3. The van der Waals surface area contributed by atoms with Crippen LogP contribution in [0.1, 0.15) is 34.2 Å². The van der Waals surface area contributed by atoms with Gasteiger partial charge in [0.1, 0.15) is 16.1 Å². The number of imidazole rings is 1. The van der Waals surface area contributed by atoms with Crippen LogP contribution in [0.25, 0.3) is 22.2 Å². The molecular weight excluding hydrogens is 433 g/mol. The van der Waals surface area contributed by atoms with Gasteiger partial charge in [0.25, 0.3) is 0 Å². The van der Waals surface area contributed by atoms with E-state index in [2.05, 4.69) is 21.7 Å². The molecule has 0 fully saturated rings. The number of rotatable bonds is 5. The van der Waals surface area contributed by atoms with Crippen LogP contribution >= 0.6 is 23.2 Å². The molecule has 0 saturated carbocycles. The quantitative estimate of drug-likeness (QED) is 0.264. The monoisotopic (exact) mass is 453 g/mol. The van der Waals surface area contributed by atoms with Gasteiger partial charge in [-0.3, -0.25) is 0 Å². The third-order valence-corrected chi connectivity index (χ3v) is 5.70. The number of halogens is 2. The maximum atomic E-state index is 12.2. The molecule has 0 N–H and O–H groups in total. The SMILES string of the molecule is CCOC(=O)c1cccc(-c2cc(C)c3nc(C)n(Cc4ccc(Cl)nc4Cl)c3c2)c1. The van der Waals surface area contributed by atoms with Crippen LogP contribution in [0.5, 0.6) is 0 Å². The lowest BCUT2D eigenvalue weighted by Crippen LogP contribution is -2.04. The first kappa shape index (κ1) is 21.3. The van der Waals surface area contributed by atoms with Gasteiger partial charge in [0, 0.05) is 5.56 Å². The topological polar surface area (TPSA) is 57.0 Å². The molecule has 31 heavy (non-hydrogen) atoms. The van der Waals surface area contributed by atoms with E-state index in [1.165, 1.54) is 0 Å². The van der Waals surface area contributed by atoms with E-state index in [9.17, 15) is 4.79 Å². The van der Waals surface area contributed by atoms with Crippen LogP contribution in [-0.4, -0.2) is 27.1 Å². The number of benzene rings is 2. The first-order chi connectivity index (χ1) is 14.9. The summed E-state index contributed by atoms with van der Waals surface area (Å²) in [7, 11) is 0. The first-order valence-corrected chi connectivity index (χ1v) is 10.7. The van der Waals surface area contributed by atoms with Crippen LogP contribution in [-0.2, 0) is 11.3 Å². The summed E-state index contributed by atoms with van der Waals surface area (Å²) in [5, 5.41) is 0.740. The lowest BCUT2D eigenvalue weighted by molar-refractivity contribution is 0.0526. The molecule has 5 nitrogen and oxygen atoms in total. The van der Waals surface area contributed by atoms with E-state index in [-0.39, 0.29) is 5.97 Å². The van der Waals surface area contributed by atoms with Crippen LogP contribution in [0, 0.1) is 13.8 Å². The predicted octanol–water partition coefficient (Wildman–Crippen LogP) is 6.25. The smallest absolute Gasteiger partial charge is 0.338 e. The summed E-state index contributed by atoms with van der Waals surface area (Å²) in [6.07, 6.45) is 0. The second-order valence-corrected chi connectivity index (χ2v) is 8.04. The number of aryl methyl sites for hydroxylation is 2. The molecule has 4 rings (SSSR count). The van der Waals surface area contributed by atoms with Crippen molar-refractivity contribution in [3.63, 3.8) is 0 Å². The van der Waals surface area contributed by atoms with Crippen molar-refractivity contribution in [2.45, 2.75) is 27.3 Å². The Hall–Kier alpha value is -2.89. The van der Waals surface area contributed by atoms with Crippen molar-refractivity contribution in [1.82, 2.24) is 14.5 Å². The molecule has 0 aliphatic heterocycles. The van der Waals surface area contributed by atoms with Gasteiger partial charge in [-0.2, -0.15) is 0 Å². The van der Waals surface area contributed by atoms with Gasteiger partial charge in [-0.25, -0.2) is 14.8 Å². The summed E-state index contributed by atoms with van der Waals surface area (Å²) in [6.45, 7) is 6.67. The summed E-state index contributed by atoms with van der Waals surface area (Å²) in [5.41, 5.74) is 6.29. The highest BCUT2D eigenvalue weighted by molar-refractivity contribution is 6.32. The largest absolute Gasteiger partial charge is 0.462 e. The molecule has 158 valence electrons. The molecule has 0 bridgehead atoms. The molecule has 2 aromatic carbocycles. The molecular formula is C24H21Cl2N3O2. The number of pyridine rings is 1. The van der Waals surface area contributed by atoms with Crippen LogP contribution in [0.3, 0.4) is 0 Å². The average Bonchev–Trinajstić information content (AvgIpc) is 3.06. The Kier molecular flexibility index (Phi) is 5.99. The first-order valence-electron chi connectivity index (χ1n) is 9.93. The Labute approximate surface area is 190 Å². The molecule has 0 unspecified atom stereocenters. The van der Waals surface area contributed by atoms with E-state index >= 15 is 0 Å². The maximum absolute atomic E-state index is 12.2. The highest BCUT2D eigenvalue weighted by Crippen LogP contribution is 2.30. The maximum Gasteiger partial charge on any atom is 0.338 e. The van der Waals surface area contributed by atoms with Crippen LogP contribution in [0.2, 0.25) is 10.3 Å². The molecule has 2 heterocycles. The average molecular weight is 454 g/mol. The van der Waals surface area contributed by atoms with Gasteiger partial charge in [0.2, 0.25) is 0 Å². The van der Waals surface area contributed by atoms with E-state index in [0.717, 1.165) is 39.1 Å². The Balaban J connectivity index is 1.80. The van der Waals surface area contributed by atoms with Gasteiger partial charge in [-0.1, -0.05) is 41.4 Å². The van der Waals surface area contributed by atoms with Crippen molar-refractivity contribution in [2.24, 2.45) is 0 Å². The van der Waals surface area contributed by atoms with Crippen LogP contribution in [0.15, 0.2) is 48.5 Å². The summed E-state index contributed by atoms with van der Waals surface area (Å²) in [4.78, 5) is 21.1. The van der Waals surface area contributed by atoms with Crippen molar-refractivity contribution in [3.05, 3.63) is 81.4 Å². The van der Waals surface area contributed by atoms with Crippen molar-refractivity contribution in [3.8, 4) is 11.1 Å². The van der Waals surface area contributed by atoms with Crippen LogP contribution in [0.4, 0.5) is 0 Å². The normalized spacial score (nSPS) is 11.1. The second kappa shape index (κ2) is 8.69. The molecule has 4 aromatic rings. The van der Waals surface area contributed by atoms with E-state index in [4.69, 9.17) is 32.9 Å². The highest BCUT2D eigenvalue weighted by atomic mass is 35.5. The zero-order chi connectivity index (χ0) is 22.1. The highest BCUT2D eigenvalue weighted by Gasteiger charge is 2.15. The van der Waals surface area contributed by atoms with E-state index in [1.54, 1.807) is 19.1 Å². The van der Waals surface area contributed by atoms with E-state index in [0.29, 0.717) is 29.0 Å². The van der Waals surface area contributed by atoms with Gasteiger partial charge >= 0.3 is 5.97 Å². The van der Waals surface area contributed by atoms with Crippen molar-refractivity contribution < 1.29 is 9.53 Å². The Morgan fingerprint density at radius 3 is 2.58 bits per heavy atom. The Bertz CT molecular complexity index is 1300. The molecule has 2 aromatic heterocycles. The molecule has 0 radical (unpaired) electrons. The fraction of sp³-hybridized carbons (Fsp3) is 0.208. The molecule has 0 aliphatic carbocycles. The lowest BCUT2D eigenvalue weighted by Gasteiger charge is -2.11. The molecule has 0 saturated heterocycles. The van der Waals surface area contributed by atoms with Gasteiger partial charge < -0.3 is 9.30 Å². The standard InChI is InChI=1S/C24H21Cl2N3O2/c1-4-31-24(30)17-7-5-6-16(11-17)19-10-14(2)22-20(12-19)29(15(3)27-22)13-18-8-9-21(25)28-23(18)26/h5-12H,4,13H2,1-3H3.